The van der Waals surface area contributed by atoms with E-state index in [0.717, 1.165) is 11.1 Å². The Balaban J connectivity index is 2.97. The van der Waals surface area contributed by atoms with Gasteiger partial charge < -0.3 is 5.73 Å². The molecule has 0 atom stereocenters. The van der Waals surface area contributed by atoms with Gasteiger partial charge in [0, 0.05) is 13.2 Å². The third kappa shape index (κ3) is 3.81. The highest BCUT2D eigenvalue weighted by Gasteiger charge is 2.31. The molecular weight excluding hydrogens is 289 g/mol. The maximum absolute atomic E-state index is 12.3. The Morgan fingerprint density at radius 3 is 2.67 bits per heavy atom. The van der Waals surface area contributed by atoms with E-state index in [2.05, 4.69) is 22.3 Å². The Morgan fingerprint density at radius 2 is 2.22 bits per heavy atom. The summed E-state index contributed by atoms with van der Waals surface area (Å²) < 4.78 is 37.0. The Hall–Kier alpha value is -1.41. The van der Waals surface area contributed by atoms with Gasteiger partial charge in [0.2, 0.25) is 0 Å². The molecule has 0 unspecified atom stereocenters. The first-order valence-corrected chi connectivity index (χ1v) is 5.30. The van der Waals surface area contributed by atoms with E-state index < -0.39 is 11.7 Å². The molecule has 0 bridgehead atoms. The van der Waals surface area contributed by atoms with E-state index >= 15 is 0 Å². The summed E-state index contributed by atoms with van der Waals surface area (Å²) in [6.07, 6.45) is -2.64. The number of hydrogen-bond donors (Lipinski definition) is 1. The third-order valence-electron chi connectivity index (χ3n) is 1.87. The summed E-state index contributed by atoms with van der Waals surface area (Å²) in [6.45, 7) is 0. The fraction of sp³-hybridized carbons (Fsp3) is 0.222. The van der Waals surface area contributed by atoms with Gasteiger partial charge in [-0.2, -0.15) is 18.3 Å². The highest BCUT2D eigenvalue weighted by molar-refractivity contribution is 7.80. The topological polar surface area (TPSA) is 54.5 Å². The Bertz CT molecular complexity index is 489. The molecule has 0 aliphatic carbocycles. The quantitative estimate of drug-likeness (QED) is 0.517. The molecule has 1 heterocycles. The third-order valence-corrected chi connectivity index (χ3v) is 2.44. The minimum atomic E-state index is -4.48. The molecule has 0 radical (unpaired) electrons. The lowest BCUT2D eigenvalue weighted by atomic mass is 10.2. The maximum atomic E-state index is 12.3. The van der Waals surface area contributed by atoms with Crippen LogP contribution in [0.5, 0.6) is 0 Å². The van der Waals surface area contributed by atoms with Crippen molar-refractivity contribution in [1.29, 1.82) is 0 Å². The van der Waals surface area contributed by atoms with Crippen LogP contribution in [0, 0.1) is 0 Å². The number of thiocarbonyl (C=S) groups is 1. The van der Waals surface area contributed by atoms with E-state index in [1.54, 1.807) is 0 Å². The van der Waals surface area contributed by atoms with Crippen molar-refractivity contribution in [2.75, 3.05) is 7.05 Å². The molecule has 0 aliphatic heterocycles. The summed E-state index contributed by atoms with van der Waals surface area (Å²) in [6, 6.07) is 0.774. The van der Waals surface area contributed by atoms with Gasteiger partial charge in [-0.3, -0.25) is 4.98 Å². The molecule has 2 N–H and O–H groups in total. The van der Waals surface area contributed by atoms with Gasteiger partial charge in [0.25, 0.3) is 0 Å². The van der Waals surface area contributed by atoms with Gasteiger partial charge in [0.05, 0.1) is 16.8 Å². The number of hydrogen-bond acceptors (Lipinski definition) is 3. The number of nitrogens with zero attached hydrogens (tertiary/aromatic N) is 3. The van der Waals surface area contributed by atoms with Gasteiger partial charge >= 0.3 is 6.18 Å². The van der Waals surface area contributed by atoms with Gasteiger partial charge in [-0.25, -0.2) is 5.01 Å². The molecule has 9 heteroatoms. The monoisotopic (exact) mass is 296 g/mol. The van der Waals surface area contributed by atoms with Crippen molar-refractivity contribution in [3.8, 4) is 0 Å². The van der Waals surface area contributed by atoms with Crippen molar-refractivity contribution in [2.24, 2.45) is 10.8 Å². The SMILES string of the molecule is CN(/N=C\c1ncc(C(F)(F)F)cc1Cl)C(N)=S. The lowest BCUT2D eigenvalue weighted by Gasteiger charge is -2.09. The number of halogens is 4. The van der Waals surface area contributed by atoms with Crippen LogP contribution < -0.4 is 5.73 Å². The van der Waals surface area contributed by atoms with Crippen LogP contribution >= 0.6 is 23.8 Å². The molecule has 18 heavy (non-hydrogen) atoms. The van der Waals surface area contributed by atoms with Crippen molar-refractivity contribution in [1.82, 2.24) is 9.99 Å². The van der Waals surface area contributed by atoms with Gasteiger partial charge in [-0.05, 0) is 18.3 Å². The minimum Gasteiger partial charge on any atom is -0.375 e. The number of aromatic nitrogens is 1. The Morgan fingerprint density at radius 1 is 1.61 bits per heavy atom. The molecule has 1 rings (SSSR count). The van der Waals surface area contributed by atoms with Crippen molar-refractivity contribution in [3.63, 3.8) is 0 Å². The molecule has 98 valence electrons. The van der Waals surface area contributed by atoms with Crippen LogP contribution in [-0.4, -0.2) is 28.4 Å². The van der Waals surface area contributed by atoms with Gasteiger partial charge in [0.1, 0.15) is 5.69 Å². The van der Waals surface area contributed by atoms with E-state index in [9.17, 15) is 13.2 Å². The molecule has 0 aliphatic rings. The predicted molar refractivity (Wildman–Crippen MR) is 66.4 cm³/mol. The lowest BCUT2D eigenvalue weighted by molar-refractivity contribution is -0.137. The zero-order chi connectivity index (χ0) is 13.9. The fourth-order valence-corrected chi connectivity index (χ4v) is 1.16. The van der Waals surface area contributed by atoms with E-state index in [4.69, 9.17) is 17.3 Å². The molecule has 0 amide bonds. The zero-order valence-electron chi connectivity index (χ0n) is 9.07. The molecule has 0 aromatic carbocycles. The molecule has 4 nitrogen and oxygen atoms in total. The van der Waals surface area contributed by atoms with Crippen molar-refractivity contribution in [3.05, 3.63) is 28.5 Å². The standard InChI is InChI=1S/C9H8ClF3N4S/c1-17(8(14)18)16-4-7-6(10)2-5(3-15-7)9(11,12)13/h2-4H,1H3,(H2,14,18)/b16-4-. The van der Waals surface area contributed by atoms with Crippen LogP contribution in [0.1, 0.15) is 11.3 Å². The van der Waals surface area contributed by atoms with Crippen LogP contribution in [-0.2, 0) is 6.18 Å². The molecule has 0 fully saturated rings. The number of alkyl halides is 3. The van der Waals surface area contributed by atoms with E-state index in [-0.39, 0.29) is 15.8 Å². The molecule has 0 spiro atoms. The molecule has 0 saturated heterocycles. The Labute approximate surface area is 111 Å². The Kier molecular flexibility index (Phi) is 4.47. The van der Waals surface area contributed by atoms with Crippen molar-refractivity contribution >= 4 is 35.1 Å². The highest BCUT2D eigenvalue weighted by atomic mass is 35.5. The number of rotatable bonds is 2. The van der Waals surface area contributed by atoms with Crippen LogP contribution in [0.15, 0.2) is 17.4 Å². The van der Waals surface area contributed by atoms with Gasteiger partial charge in [-0.1, -0.05) is 11.6 Å². The first-order chi connectivity index (χ1) is 8.21. The lowest BCUT2D eigenvalue weighted by Crippen LogP contribution is -2.27. The zero-order valence-corrected chi connectivity index (χ0v) is 10.6. The normalized spacial score (nSPS) is 11.8. The summed E-state index contributed by atoms with van der Waals surface area (Å²) in [4.78, 5) is 3.56. The van der Waals surface area contributed by atoms with E-state index in [0.29, 0.717) is 6.20 Å². The minimum absolute atomic E-state index is 0.00860. The first-order valence-electron chi connectivity index (χ1n) is 4.51. The summed E-state index contributed by atoms with van der Waals surface area (Å²) in [7, 11) is 1.48. The van der Waals surface area contributed by atoms with Crippen molar-refractivity contribution in [2.45, 2.75) is 6.18 Å². The van der Waals surface area contributed by atoms with Crippen LogP contribution in [0.2, 0.25) is 5.02 Å². The average Bonchev–Trinajstić information content (AvgIpc) is 2.25. The van der Waals surface area contributed by atoms with Crippen LogP contribution in [0.25, 0.3) is 0 Å². The summed E-state index contributed by atoms with van der Waals surface area (Å²) in [5.41, 5.74) is 4.43. The average molecular weight is 297 g/mol. The summed E-state index contributed by atoms with van der Waals surface area (Å²) in [5, 5.41) is 4.76. The van der Waals surface area contributed by atoms with Gasteiger partial charge in [-0.15, -0.1) is 0 Å². The predicted octanol–water partition coefficient (Wildman–Crippen LogP) is 2.26. The van der Waals surface area contributed by atoms with Gasteiger partial charge in [0.15, 0.2) is 5.11 Å². The first kappa shape index (κ1) is 14.7. The largest absolute Gasteiger partial charge is 0.417 e. The van der Waals surface area contributed by atoms with Crippen molar-refractivity contribution < 1.29 is 13.2 Å². The van der Waals surface area contributed by atoms with Crippen LogP contribution in [0.3, 0.4) is 0 Å². The highest BCUT2D eigenvalue weighted by Crippen LogP contribution is 2.30. The second-order valence-electron chi connectivity index (χ2n) is 3.20. The number of hydrazone groups is 1. The fourth-order valence-electron chi connectivity index (χ4n) is 0.897. The second-order valence-corrected chi connectivity index (χ2v) is 4.02. The second kappa shape index (κ2) is 5.49. The summed E-state index contributed by atoms with van der Waals surface area (Å²) >= 11 is 10.3. The molecule has 1 aromatic rings. The molecular formula is C9H8ClF3N4S. The summed E-state index contributed by atoms with van der Waals surface area (Å²) in [5.74, 6) is 0. The molecule has 1 aromatic heterocycles. The van der Waals surface area contributed by atoms with E-state index in [1.165, 1.54) is 13.3 Å². The molecule has 0 saturated carbocycles. The number of nitrogens with two attached hydrogens (primary N) is 1. The maximum Gasteiger partial charge on any atom is 0.417 e. The van der Waals surface area contributed by atoms with Crippen LogP contribution in [0.4, 0.5) is 13.2 Å². The smallest absolute Gasteiger partial charge is 0.375 e. The van der Waals surface area contributed by atoms with E-state index in [1.807, 2.05) is 0 Å². The number of pyridine rings is 1.